The summed E-state index contributed by atoms with van der Waals surface area (Å²) in [5.74, 6) is 0. The molecule has 14 heavy (non-hydrogen) atoms. The van der Waals surface area contributed by atoms with Crippen LogP contribution in [0.4, 0.5) is 0 Å². The van der Waals surface area contributed by atoms with Crippen LogP contribution in [0.5, 0.6) is 0 Å². The summed E-state index contributed by atoms with van der Waals surface area (Å²) in [4.78, 5) is 2.56. The molecule has 80 valence electrons. The molecule has 0 radical (unpaired) electrons. The van der Waals surface area contributed by atoms with Crippen molar-refractivity contribution in [2.24, 2.45) is 5.11 Å². The van der Waals surface area contributed by atoms with E-state index in [4.69, 9.17) is 15.0 Å². The third-order valence-corrected chi connectivity index (χ3v) is 2.23. The molecule has 2 N–H and O–H groups in total. The van der Waals surface area contributed by atoms with Gasteiger partial charge in [-0.25, -0.2) is 0 Å². The van der Waals surface area contributed by atoms with Gasteiger partial charge in [0.05, 0.1) is 12.2 Å². The number of rotatable bonds is 2. The Hall–Kier alpha value is -0.850. The Morgan fingerprint density at radius 2 is 2.07 bits per heavy atom. The Balaban J connectivity index is 2.82. The molecular formula is C7H13N3O4. The smallest absolute Gasteiger partial charge is 0.168 e. The summed E-state index contributed by atoms with van der Waals surface area (Å²) in [5, 5.41) is 22.3. The maximum Gasteiger partial charge on any atom is 0.168 e. The van der Waals surface area contributed by atoms with Gasteiger partial charge in [0.1, 0.15) is 12.1 Å². The third kappa shape index (κ3) is 1.97. The summed E-state index contributed by atoms with van der Waals surface area (Å²) < 4.78 is 10.1. The first-order valence-electron chi connectivity index (χ1n) is 4.20. The van der Waals surface area contributed by atoms with Gasteiger partial charge in [-0.1, -0.05) is 5.11 Å². The van der Waals surface area contributed by atoms with Crippen molar-refractivity contribution >= 4 is 0 Å². The van der Waals surface area contributed by atoms with Gasteiger partial charge in [0, 0.05) is 12.0 Å². The van der Waals surface area contributed by atoms with Crippen molar-refractivity contribution in [1.29, 1.82) is 0 Å². The zero-order valence-corrected chi connectivity index (χ0v) is 7.94. The van der Waals surface area contributed by atoms with E-state index in [9.17, 15) is 10.2 Å². The Kier molecular flexibility index (Phi) is 3.68. The molecule has 1 aliphatic rings. The summed E-state index contributed by atoms with van der Waals surface area (Å²) in [6.07, 6.45) is -3.61. The van der Waals surface area contributed by atoms with Crippen LogP contribution < -0.4 is 0 Å². The van der Waals surface area contributed by atoms with Crippen molar-refractivity contribution in [2.45, 2.75) is 37.6 Å². The number of aliphatic hydroxyl groups is 2. The quantitative estimate of drug-likeness (QED) is 0.367. The molecule has 1 aliphatic heterocycles. The second-order valence-electron chi connectivity index (χ2n) is 3.12. The van der Waals surface area contributed by atoms with Crippen LogP contribution in [-0.2, 0) is 9.47 Å². The van der Waals surface area contributed by atoms with Crippen molar-refractivity contribution in [3.05, 3.63) is 10.4 Å². The molecule has 1 rings (SSSR count). The molecule has 0 aromatic rings. The van der Waals surface area contributed by atoms with E-state index in [0.717, 1.165) is 0 Å². The Labute approximate surface area is 80.9 Å². The number of methoxy groups -OCH3 is 1. The number of hydrogen-bond donors (Lipinski definition) is 2. The molecule has 1 saturated heterocycles. The highest BCUT2D eigenvalue weighted by Gasteiger charge is 2.42. The highest BCUT2D eigenvalue weighted by atomic mass is 16.7. The Bertz CT molecular complexity index is 241. The largest absolute Gasteiger partial charge is 0.390 e. The lowest BCUT2D eigenvalue weighted by Crippen LogP contribution is -2.56. The molecule has 0 spiro atoms. The van der Waals surface area contributed by atoms with Gasteiger partial charge in [-0.2, -0.15) is 0 Å². The SMILES string of the molecule is COC1O[C@@H](C)[C@@H](O)[C@@H](O)[C@H]1N=[N+]=[N-]. The molecule has 0 amide bonds. The van der Waals surface area contributed by atoms with E-state index in [-0.39, 0.29) is 0 Å². The first-order valence-corrected chi connectivity index (χ1v) is 4.20. The summed E-state index contributed by atoms with van der Waals surface area (Å²) in [6.45, 7) is 1.60. The van der Waals surface area contributed by atoms with Gasteiger partial charge >= 0.3 is 0 Å². The molecular weight excluding hydrogens is 190 g/mol. The normalized spacial score (nSPS) is 43.0. The van der Waals surface area contributed by atoms with E-state index >= 15 is 0 Å². The zero-order valence-electron chi connectivity index (χ0n) is 7.94. The summed E-state index contributed by atoms with van der Waals surface area (Å²) in [6, 6.07) is -0.920. The topological polar surface area (TPSA) is 108 Å². The average molecular weight is 203 g/mol. The Morgan fingerprint density at radius 3 is 2.57 bits per heavy atom. The molecule has 0 bridgehead atoms. The molecule has 1 heterocycles. The molecule has 1 unspecified atom stereocenters. The predicted molar refractivity (Wildman–Crippen MR) is 46.3 cm³/mol. The van der Waals surface area contributed by atoms with E-state index in [2.05, 4.69) is 10.0 Å². The number of hydrogen-bond acceptors (Lipinski definition) is 5. The summed E-state index contributed by atoms with van der Waals surface area (Å²) in [7, 11) is 1.38. The fourth-order valence-corrected chi connectivity index (χ4v) is 1.39. The summed E-state index contributed by atoms with van der Waals surface area (Å²) in [5.41, 5.74) is 8.26. The first kappa shape index (κ1) is 11.2. The van der Waals surface area contributed by atoms with Crippen molar-refractivity contribution < 1.29 is 19.7 Å². The van der Waals surface area contributed by atoms with E-state index in [1.807, 2.05) is 0 Å². The summed E-state index contributed by atoms with van der Waals surface area (Å²) >= 11 is 0. The molecule has 1 fully saturated rings. The van der Waals surface area contributed by atoms with Gasteiger partial charge in [0.15, 0.2) is 6.29 Å². The van der Waals surface area contributed by atoms with Gasteiger partial charge in [-0.05, 0) is 12.5 Å². The lowest BCUT2D eigenvalue weighted by Gasteiger charge is -2.38. The molecule has 0 aliphatic carbocycles. The minimum absolute atomic E-state index is 0.555. The second-order valence-corrected chi connectivity index (χ2v) is 3.12. The predicted octanol–water partition coefficient (Wildman–Crippen LogP) is -0.222. The van der Waals surface area contributed by atoms with Gasteiger partial charge in [0.25, 0.3) is 0 Å². The van der Waals surface area contributed by atoms with Crippen LogP contribution in [0.15, 0.2) is 5.11 Å². The minimum Gasteiger partial charge on any atom is -0.390 e. The third-order valence-electron chi connectivity index (χ3n) is 2.23. The molecule has 0 aromatic heterocycles. The maximum absolute atomic E-state index is 9.57. The van der Waals surface area contributed by atoms with Crippen molar-refractivity contribution in [1.82, 2.24) is 0 Å². The number of nitrogens with zero attached hydrogens (tertiary/aromatic N) is 3. The molecule has 5 atom stereocenters. The lowest BCUT2D eigenvalue weighted by atomic mass is 9.98. The van der Waals surface area contributed by atoms with E-state index in [1.165, 1.54) is 7.11 Å². The van der Waals surface area contributed by atoms with Crippen molar-refractivity contribution in [3.63, 3.8) is 0 Å². The van der Waals surface area contributed by atoms with Crippen LogP contribution in [0.3, 0.4) is 0 Å². The van der Waals surface area contributed by atoms with Crippen LogP contribution in [0.1, 0.15) is 6.92 Å². The van der Waals surface area contributed by atoms with Crippen molar-refractivity contribution in [3.8, 4) is 0 Å². The fourth-order valence-electron chi connectivity index (χ4n) is 1.39. The van der Waals surface area contributed by atoms with Gasteiger partial charge in [0.2, 0.25) is 0 Å². The van der Waals surface area contributed by atoms with Crippen LogP contribution in [0, 0.1) is 0 Å². The minimum atomic E-state index is -1.17. The highest BCUT2D eigenvalue weighted by Crippen LogP contribution is 2.23. The zero-order chi connectivity index (χ0) is 10.7. The van der Waals surface area contributed by atoms with Gasteiger partial charge in [-0.15, -0.1) is 0 Å². The first-order chi connectivity index (χ1) is 6.61. The lowest BCUT2D eigenvalue weighted by molar-refractivity contribution is -0.246. The maximum atomic E-state index is 9.57. The van der Waals surface area contributed by atoms with Gasteiger partial charge < -0.3 is 19.7 Å². The number of ether oxygens (including phenoxy) is 2. The average Bonchev–Trinajstić information content (AvgIpc) is 2.19. The van der Waals surface area contributed by atoms with E-state index in [0.29, 0.717) is 0 Å². The van der Waals surface area contributed by atoms with Gasteiger partial charge in [-0.3, -0.25) is 0 Å². The molecule has 0 aromatic carbocycles. The van der Waals surface area contributed by atoms with Crippen LogP contribution in [-0.4, -0.2) is 48.0 Å². The van der Waals surface area contributed by atoms with E-state index in [1.54, 1.807) is 6.92 Å². The monoisotopic (exact) mass is 203 g/mol. The molecule has 7 nitrogen and oxygen atoms in total. The van der Waals surface area contributed by atoms with E-state index < -0.39 is 30.6 Å². The molecule has 0 saturated carbocycles. The number of azide groups is 1. The molecule has 7 heteroatoms. The fraction of sp³-hybridized carbons (Fsp3) is 1.00. The Morgan fingerprint density at radius 1 is 1.43 bits per heavy atom. The second kappa shape index (κ2) is 4.59. The van der Waals surface area contributed by atoms with Crippen LogP contribution >= 0.6 is 0 Å². The van der Waals surface area contributed by atoms with Crippen LogP contribution in [0.25, 0.3) is 10.4 Å². The van der Waals surface area contributed by atoms with Crippen LogP contribution in [0.2, 0.25) is 0 Å². The standard InChI is InChI=1S/C7H13N3O4/c1-3-5(11)6(12)4(9-10-8)7(13-2)14-3/h3-7,11-12H,1-2H3/t3-,4+,5+,6-,7?/m0/s1. The highest BCUT2D eigenvalue weighted by molar-refractivity contribution is 4.91. The number of aliphatic hydroxyl groups excluding tert-OH is 2. The van der Waals surface area contributed by atoms with Crippen molar-refractivity contribution in [2.75, 3.05) is 7.11 Å².